The first-order valence-corrected chi connectivity index (χ1v) is 3.58. The predicted molar refractivity (Wildman–Crippen MR) is 46.6 cm³/mol. The number of aliphatic hydroxyl groups excluding tert-OH is 1. The molecule has 0 bridgehead atoms. The third-order valence-electron chi connectivity index (χ3n) is 1.33. The Balaban J connectivity index is 4.18. The molecule has 12 heavy (non-hydrogen) atoms. The molecule has 0 aromatic heterocycles. The maximum atomic E-state index is 11.0. The summed E-state index contributed by atoms with van der Waals surface area (Å²) in [6, 6.07) is 0. The van der Waals surface area contributed by atoms with Gasteiger partial charge < -0.3 is 9.84 Å². The molecule has 0 heterocycles. The van der Waals surface area contributed by atoms with Crippen LogP contribution in [0.1, 0.15) is 13.8 Å². The summed E-state index contributed by atoms with van der Waals surface area (Å²) >= 11 is 0. The molecule has 0 rings (SSSR count). The van der Waals surface area contributed by atoms with Gasteiger partial charge in [-0.25, -0.2) is 4.79 Å². The summed E-state index contributed by atoms with van der Waals surface area (Å²) in [6.07, 6.45) is 1.51. The fourth-order valence-corrected chi connectivity index (χ4v) is 0.417. The Bertz CT molecular complexity index is 204. The number of ether oxygens (including phenoxy) is 1. The van der Waals surface area contributed by atoms with Crippen LogP contribution >= 0.6 is 0 Å². The molecule has 0 amide bonds. The summed E-state index contributed by atoms with van der Waals surface area (Å²) in [5.41, 5.74) is -0.667. The minimum atomic E-state index is -0.713. The highest BCUT2D eigenvalue weighted by molar-refractivity contribution is 5.88. The van der Waals surface area contributed by atoms with E-state index in [9.17, 15) is 4.79 Å². The molecule has 0 aliphatic heterocycles. The molecule has 68 valence electrons. The van der Waals surface area contributed by atoms with E-state index in [1.807, 2.05) is 0 Å². The van der Waals surface area contributed by atoms with E-state index >= 15 is 0 Å². The zero-order chi connectivity index (χ0) is 9.78. The van der Waals surface area contributed by atoms with Gasteiger partial charge in [0.15, 0.2) is 0 Å². The van der Waals surface area contributed by atoms with Crippen molar-refractivity contribution in [2.24, 2.45) is 0 Å². The summed E-state index contributed by atoms with van der Waals surface area (Å²) in [6.45, 7) is 9.84. The van der Waals surface area contributed by atoms with Gasteiger partial charge in [-0.05, 0) is 19.9 Å². The van der Waals surface area contributed by atoms with Gasteiger partial charge in [0.05, 0.1) is 12.2 Å². The van der Waals surface area contributed by atoms with Crippen molar-refractivity contribution in [2.45, 2.75) is 19.4 Å². The van der Waals surface area contributed by atoms with Gasteiger partial charge >= 0.3 is 5.97 Å². The van der Waals surface area contributed by atoms with Crippen LogP contribution in [-0.2, 0) is 9.53 Å². The van der Waals surface area contributed by atoms with Crippen molar-refractivity contribution < 1.29 is 14.6 Å². The van der Waals surface area contributed by atoms with Crippen LogP contribution in [0.3, 0.4) is 0 Å². The van der Waals surface area contributed by atoms with Crippen LogP contribution in [0.5, 0.6) is 0 Å². The molecule has 0 aliphatic rings. The van der Waals surface area contributed by atoms with E-state index in [-0.39, 0.29) is 12.2 Å². The van der Waals surface area contributed by atoms with Crippen LogP contribution in [0, 0.1) is 0 Å². The van der Waals surface area contributed by atoms with Gasteiger partial charge in [0.2, 0.25) is 0 Å². The third-order valence-corrected chi connectivity index (χ3v) is 1.33. The van der Waals surface area contributed by atoms with Crippen LogP contribution in [0.2, 0.25) is 0 Å². The maximum Gasteiger partial charge on any atom is 0.336 e. The first-order valence-electron chi connectivity index (χ1n) is 3.58. The van der Waals surface area contributed by atoms with E-state index in [1.165, 1.54) is 6.08 Å². The molecule has 0 saturated carbocycles. The second-order valence-electron chi connectivity index (χ2n) is 2.96. The van der Waals surface area contributed by atoms with Crippen molar-refractivity contribution in [3.05, 3.63) is 24.8 Å². The normalized spacial score (nSPS) is 10.6. The monoisotopic (exact) mass is 170 g/mol. The number of carbonyl (C=O) groups is 1. The Morgan fingerprint density at radius 1 is 1.67 bits per heavy atom. The number of hydrogen-bond acceptors (Lipinski definition) is 3. The maximum absolute atomic E-state index is 11.0. The highest BCUT2D eigenvalue weighted by Crippen LogP contribution is 2.11. The summed E-state index contributed by atoms with van der Waals surface area (Å²) < 4.78 is 4.92. The number of esters is 1. The molecule has 3 heteroatoms. The summed E-state index contributed by atoms with van der Waals surface area (Å²) in [7, 11) is 0. The van der Waals surface area contributed by atoms with Crippen LogP contribution in [0.4, 0.5) is 0 Å². The molecule has 0 aromatic rings. The van der Waals surface area contributed by atoms with Crippen LogP contribution in [0.25, 0.3) is 0 Å². The van der Waals surface area contributed by atoms with Gasteiger partial charge in [-0.2, -0.15) is 0 Å². The summed E-state index contributed by atoms with van der Waals surface area (Å²) in [4.78, 5) is 11.0. The van der Waals surface area contributed by atoms with E-state index in [0.29, 0.717) is 0 Å². The van der Waals surface area contributed by atoms with E-state index in [4.69, 9.17) is 9.84 Å². The molecule has 0 aromatic carbocycles. The Labute approximate surface area is 72.3 Å². The molecule has 0 aliphatic carbocycles. The topological polar surface area (TPSA) is 46.5 Å². The SMILES string of the molecule is C=CC(C)(C)OC(=O)C(=C)CO. The summed E-state index contributed by atoms with van der Waals surface area (Å²) in [5, 5.41) is 8.55. The van der Waals surface area contributed by atoms with Gasteiger partial charge in [-0.1, -0.05) is 13.2 Å². The molecule has 0 spiro atoms. The van der Waals surface area contributed by atoms with Crippen molar-refractivity contribution in [3.63, 3.8) is 0 Å². The number of aliphatic hydroxyl groups is 1. The van der Waals surface area contributed by atoms with E-state index < -0.39 is 11.6 Å². The fourth-order valence-electron chi connectivity index (χ4n) is 0.417. The zero-order valence-electron chi connectivity index (χ0n) is 7.46. The predicted octanol–water partition coefficient (Wildman–Crippen LogP) is 1.04. The average molecular weight is 170 g/mol. The van der Waals surface area contributed by atoms with E-state index in [0.717, 1.165) is 0 Å². The van der Waals surface area contributed by atoms with Gasteiger partial charge in [-0.3, -0.25) is 0 Å². The molecule has 0 atom stereocenters. The first-order chi connectivity index (χ1) is 5.43. The third kappa shape index (κ3) is 3.34. The van der Waals surface area contributed by atoms with Gasteiger partial charge in [0, 0.05) is 0 Å². The standard InChI is InChI=1S/C9H14O3/c1-5-9(3,4)12-8(11)7(2)6-10/h5,10H,1-2,6H2,3-4H3. The lowest BCUT2D eigenvalue weighted by molar-refractivity contribution is -0.148. The minimum absolute atomic E-state index is 0.0462. The Kier molecular flexibility index (Phi) is 3.70. The minimum Gasteiger partial charge on any atom is -0.452 e. The average Bonchev–Trinajstić information content (AvgIpc) is 2.02. The highest BCUT2D eigenvalue weighted by atomic mass is 16.6. The second kappa shape index (κ2) is 4.07. The zero-order valence-corrected chi connectivity index (χ0v) is 7.46. The van der Waals surface area contributed by atoms with Crippen LogP contribution in [0.15, 0.2) is 24.8 Å². The van der Waals surface area contributed by atoms with Crippen molar-refractivity contribution in [3.8, 4) is 0 Å². The number of hydrogen-bond donors (Lipinski definition) is 1. The molecule has 3 nitrogen and oxygen atoms in total. The second-order valence-corrected chi connectivity index (χ2v) is 2.96. The Morgan fingerprint density at radius 3 is 2.50 bits per heavy atom. The number of rotatable bonds is 4. The van der Waals surface area contributed by atoms with Gasteiger partial charge in [0.1, 0.15) is 5.60 Å². The van der Waals surface area contributed by atoms with Gasteiger partial charge in [0.25, 0.3) is 0 Å². The molecule has 0 fully saturated rings. The van der Waals surface area contributed by atoms with E-state index in [2.05, 4.69) is 13.2 Å². The lowest BCUT2D eigenvalue weighted by Crippen LogP contribution is -2.26. The first kappa shape index (κ1) is 10.9. The van der Waals surface area contributed by atoms with Crippen molar-refractivity contribution in [2.75, 3.05) is 6.61 Å². The Morgan fingerprint density at radius 2 is 2.17 bits per heavy atom. The molecule has 0 unspecified atom stereocenters. The molecule has 0 saturated heterocycles. The van der Waals surface area contributed by atoms with Crippen molar-refractivity contribution >= 4 is 5.97 Å². The lowest BCUT2D eigenvalue weighted by atomic mass is 10.1. The number of carbonyl (C=O) groups excluding carboxylic acids is 1. The fraction of sp³-hybridized carbons (Fsp3) is 0.444. The lowest BCUT2D eigenvalue weighted by Gasteiger charge is -2.20. The van der Waals surface area contributed by atoms with Crippen LogP contribution in [-0.4, -0.2) is 23.3 Å². The van der Waals surface area contributed by atoms with Crippen molar-refractivity contribution in [1.29, 1.82) is 0 Å². The highest BCUT2D eigenvalue weighted by Gasteiger charge is 2.19. The molecule has 0 radical (unpaired) electrons. The smallest absolute Gasteiger partial charge is 0.336 e. The molecular formula is C9H14O3. The quantitative estimate of drug-likeness (QED) is 0.389. The molecular weight excluding hydrogens is 156 g/mol. The Hall–Kier alpha value is -1.09. The van der Waals surface area contributed by atoms with Crippen LogP contribution < -0.4 is 0 Å². The van der Waals surface area contributed by atoms with E-state index in [1.54, 1.807) is 13.8 Å². The van der Waals surface area contributed by atoms with Crippen molar-refractivity contribution in [1.82, 2.24) is 0 Å². The summed E-state index contributed by atoms with van der Waals surface area (Å²) in [5.74, 6) is -0.595. The largest absolute Gasteiger partial charge is 0.452 e. The molecule has 1 N–H and O–H groups in total. The van der Waals surface area contributed by atoms with Gasteiger partial charge in [-0.15, -0.1) is 0 Å².